The van der Waals surface area contributed by atoms with Gasteiger partial charge in [-0.15, -0.1) is 0 Å². The van der Waals surface area contributed by atoms with Gasteiger partial charge in [0, 0.05) is 16.7 Å². The zero-order valence-corrected chi connectivity index (χ0v) is 19.5. The Bertz CT molecular complexity index is 1160. The highest BCUT2D eigenvalue weighted by molar-refractivity contribution is 5.86. The summed E-state index contributed by atoms with van der Waals surface area (Å²) in [5, 5.41) is 0. The Morgan fingerprint density at radius 3 is 1.81 bits per heavy atom. The van der Waals surface area contributed by atoms with Crippen molar-refractivity contribution in [1.29, 1.82) is 0 Å². The van der Waals surface area contributed by atoms with Gasteiger partial charge in [0.25, 0.3) is 0 Å². The zero-order valence-electron chi connectivity index (χ0n) is 19.5. The second kappa shape index (κ2) is 8.07. The van der Waals surface area contributed by atoms with Gasteiger partial charge < -0.3 is 9.72 Å². The fraction of sp³-hybridized carbons (Fsp3) is 0.250. The maximum atomic E-state index is 5.44. The van der Waals surface area contributed by atoms with Gasteiger partial charge in [0.15, 0.2) is 0 Å². The van der Waals surface area contributed by atoms with Crippen LogP contribution in [0.2, 0.25) is 0 Å². The number of hydrogen-bond acceptors (Lipinski definition) is 2. The number of methoxy groups -OCH3 is 1. The van der Waals surface area contributed by atoms with E-state index in [1.807, 2.05) is 18.2 Å². The van der Waals surface area contributed by atoms with Gasteiger partial charge in [0.1, 0.15) is 11.6 Å². The lowest BCUT2D eigenvalue weighted by atomic mass is 9.91. The molecule has 3 nitrogen and oxygen atoms in total. The van der Waals surface area contributed by atoms with E-state index in [1.165, 1.54) is 44.5 Å². The van der Waals surface area contributed by atoms with E-state index in [-0.39, 0.29) is 0 Å². The zero-order chi connectivity index (χ0) is 22.3. The standard InChI is InChI=1S/C28H30N2O/c1-16-11-18(3)24(19(4)12-16)26-27(25-20(5)13-17(2)14-21(25)6)30-28(29-26)22-9-8-10-23(15-22)31-7/h8-15H,1-7H3,(H,29,30). The molecule has 4 aromatic rings. The molecule has 1 aromatic heterocycles. The van der Waals surface area contributed by atoms with Gasteiger partial charge in [-0.2, -0.15) is 0 Å². The Morgan fingerprint density at radius 2 is 1.26 bits per heavy atom. The number of nitrogens with zero attached hydrogens (tertiary/aromatic N) is 1. The van der Waals surface area contributed by atoms with Crippen molar-refractivity contribution in [1.82, 2.24) is 9.97 Å². The number of H-pyrrole nitrogens is 1. The lowest BCUT2D eigenvalue weighted by Gasteiger charge is -2.14. The molecule has 0 spiro atoms. The molecular weight excluding hydrogens is 380 g/mol. The molecule has 158 valence electrons. The van der Waals surface area contributed by atoms with Crippen molar-refractivity contribution in [3.8, 4) is 39.7 Å². The highest BCUT2D eigenvalue weighted by Crippen LogP contribution is 2.39. The summed E-state index contributed by atoms with van der Waals surface area (Å²) in [6, 6.07) is 17.0. The Hall–Kier alpha value is -3.33. The first-order chi connectivity index (χ1) is 14.8. The van der Waals surface area contributed by atoms with Crippen LogP contribution in [0, 0.1) is 41.5 Å². The molecule has 31 heavy (non-hydrogen) atoms. The summed E-state index contributed by atoms with van der Waals surface area (Å²) in [6.07, 6.45) is 0. The first kappa shape index (κ1) is 20.9. The van der Waals surface area contributed by atoms with Crippen LogP contribution >= 0.6 is 0 Å². The molecule has 0 saturated heterocycles. The van der Waals surface area contributed by atoms with Gasteiger partial charge in [0.2, 0.25) is 0 Å². The van der Waals surface area contributed by atoms with Crippen LogP contribution in [0.3, 0.4) is 0 Å². The summed E-state index contributed by atoms with van der Waals surface area (Å²) < 4.78 is 5.44. The Balaban J connectivity index is 2.03. The molecule has 3 aromatic carbocycles. The SMILES string of the molecule is COc1cccc(-c2nc(-c3c(C)cc(C)cc3C)c(-c3c(C)cc(C)cc3C)[nH]2)c1. The first-order valence-electron chi connectivity index (χ1n) is 10.7. The summed E-state index contributed by atoms with van der Waals surface area (Å²) in [5.41, 5.74) is 13.0. The molecular formula is C28H30N2O. The van der Waals surface area contributed by atoms with Crippen molar-refractivity contribution < 1.29 is 4.74 Å². The van der Waals surface area contributed by atoms with E-state index in [0.29, 0.717) is 0 Å². The molecule has 4 rings (SSSR count). The number of aryl methyl sites for hydroxylation is 6. The number of hydrogen-bond donors (Lipinski definition) is 1. The number of imidazole rings is 1. The Labute approximate surface area is 185 Å². The molecule has 0 radical (unpaired) electrons. The van der Waals surface area contributed by atoms with Crippen molar-refractivity contribution in [2.45, 2.75) is 41.5 Å². The number of benzene rings is 3. The third-order valence-electron chi connectivity index (χ3n) is 5.89. The van der Waals surface area contributed by atoms with Crippen molar-refractivity contribution in [2.24, 2.45) is 0 Å². The quantitative estimate of drug-likeness (QED) is 0.384. The topological polar surface area (TPSA) is 37.9 Å². The highest BCUT2D eigenvalue weighted by Gasteiger charge is 2.21. The lowest BCUT2D eigenvalue weighted by Crippen LogP contribution is -1.96. The number of ether oxygens (including phenoxy) is 1. The fourth-order valence-corrected chi connectivity index (χ4v) is 4.77. The second-order valence-corrected chi connectivity index (χ2v) is 8.59. The van der Waals surface area contributed by atoms with E-state index in [1.54, 1.807) is 7.11 Å². The molecule has 0 aliphatic rings. The highest BCUT2D eigenvalue weighted by atomic mass is 16.5. The van der Waals surface area contributed by atoms with Gasteiger partial charge in [-0.25, -0.2) is 4.98 Å². The van der Waals surface area contributed by atoms with E-state index in [2.05, 4.69) is 76.9 Å². The van der Waals surface area contributed by atoms with Crippen LogP contribution in [-0.4, -0.2) is 17.1 Å². The summed E-state index contributed by atoms with van der Waals surface area (Å²) in [7, 11) is 1.69. The predicted octanol–water partition coefficient (Wildman–Crippen LogP) is 7.27. The molecule has 1 N–H and O–H groups in total. The Kier molecular flexibility index (Phi) is 5.45. The summed E-state index contributed by atoms with van der Waals surface area (Å²) in [6.45, 7) is 13.0. The molecule has 0 bridgehead atoms. The summed E-state index contributed by atoms with van der Waals surface area (Å²) in [5.74, 6) is 1.67. The van der Waals surface area contributed by atoms with Crippen LogP contribution in [0.5, 0.6) is 5.75 Å². The van der Waals surface area contributed by atoms with Gasteiger partial charge >= 0.3 is 0 Å². The molecule has 3 heteroatoms. The molecule has 0 saturated carbocycles. The van der Waals surface area contributed by atoms with Crippen LogP contribution in [0.15, 0.2) is 48.5 Å². The minimum absolute atomic E-state index is 0.822. The average Bonchev–Trinajstić information content (AvgIpc) is 3.11. The fourth-order valence-electron chi connectivity index (χ4n) is 4.77. The predicted molar refractivity (Wildman–Crippen MR) is 130 cm³/mol. The van der Waals surface area contributed by atoms with Gasteiger partial charge in [0.05, 0.1) is 18.5 Å². The number of aromatic nitrogens is 2. The monoisotopic (exact) mass is 410 g/mol. The maximum Gasteiger partial charge on any atom is 0.138 e. The molecule has 0 aliphatic heterocycles. The molecule has 0 fully saturated rings. The summed E-state index contributed by atoms with van der Waals surface area (Å²) >= 11 is 0. The van der Waals surface area contributed by atoms with Gasteiger partial charge in [-0.1, -0.05) is 47.5 Å². The van der Waals surface area contributed by atoms with Crippen LogP contribution < -0.4 is 4.74 Å². The van der Waals surface area contributed by atoms with E-state index in [0.717, 1.165) is 28.5 Å². The average molecular weight is 411 g/mol. The van der Waals surface area contributed by atoms with E-state index in [9.17, 15) is 0 Å². The molecule has 0 amide bonds. The number of nitrogens with one attached hydrogen (secondary N) is 1. The van der Waals surface area contributed by atoms with E-state index >= 15 is 0 Å². The summed E-state index contributed by atoms with van der Waals surface area (Å²) in [4.78, 5) is 8.82. The number of aromatic amines is 1. The normalized spacial score (nSPS) is 11.1. The maximum absolute atomic E-state index is 5.44. The lowest BCUT2D eigenvalue weighted by molar-refractivity contribution is 0.415. The van der Waals surface area contributed by atoms with Crippen LogP contribution in [-0.2, 0) is 0 Å². The van der Waals surface area contributed by atoms with Crippen molar-refractivity contribution in [3.63, 3.8) is 0 Å². The molecule has 0 unspecified atom stereocenters. The Morgan fingerprint density at radius 1 is 0.710 bits per heavy atom. The second-order valence-electron chi connectivity index (χ2n) is 8.59. The van der Waals surface area contributed by atoms with Crippen LogP contribution in [0.4, 0.5) is 0 Å². The molecule has 0 aliphatic carbocycles. The van der Waals surface area contributed by atoms with Gasteiger partial charge in [-0.3, -0.25) is 0 Å². The molecule has 1 heterocycles. The van der Waals surface area contributed by atoms with E-state index < -0.39 is 0 Å². The third kappa shape index (κ3) is 3.88. The van der Waals surface area contributed by atoms with Crippen LogP contribution in [0.25, 0.3) is 33.9 Å². The largest absolute Gasteiger partial charge is 0.497 e. The third-order valence-corrected chi connectivity index (χ3v) is 5.89. The molecule has 0 atom stereocenters. The number of rotatable bonds is 4. The van der Waals surface area contributed by atoms with Crippen molar-refractivity contribution in [3.05, 3.63) is 81.9 Å². The minimum atomic E-state index is 0.822. The smallest absolute Gasteiger partial charge is 0.138 e. The van der Waals surface area contributed by atoms with E-state index in [4.69, 9.17) is 9.72 Å². The van der Waals surface area contributed by atoms with Crippen molar-refractivity contribution in [2.75, 3.05) is 7.11 Å². The van der Waals surface area contributed by atoms with Crippen LogP contribution in [0.1, 0.15) is 33.4 Å². The minimum Gasteiger partial charge on any atom is -0.497 e. The van der Waals surface area contributed by atoms with Crippen molar-refractivity contribution >= 4 is 0 Å². The first-order valence-corrected chi connectivity index (χ1v) is 10.7. The van der Waals surface area contributed by atoms with Gasteiger partial charge in [-0.05, 0) is 75.9 Å².